The average molecular weight is 389 g/mol. The first kappa shape index (κ1) is 20.1. The van der Waals surface area contributed by atoms with Crippen LogP contribution in [0, 0.1) is 5.82 Å². The van der Waals surface area contributed by atoms with Crippen LogP contribution in [0.15, 0.2) is 82.6 Å². The van der Waals surface area contributed by atoms with E-state index in [9.17, 15) is 9.18 Å². The van der Waals surface area contributed by atoms with E-state index in [1.54, 1.807) is 18.2 Å². The van der Waals surface area contributed by atoms with E-state index in [1.807, 2.05) is 55.6 Å². The zero-order valence-electron chi connectivity index (χ0n) is 15.8. The summed E-state index contributed by atoms with van der Waals surface area (Å²) >= 11 is 0. The second kappa shape index (κ2) is 8.58. The van der Waals surface area contributed by atoms with Crippen LogP contribution in [0.5, 0.6) is 0 Å². The van der Waals surface area contributed by atoms with Crippen molar-refractivity contribution in [3.63, 3.8) is 0 Å². The van der Waals surface area contributed by atoms with Crippen LogP contribution in [0.1, 0.15) is 12.5 Å². The Morgan fingerprint density at radius 3 is 2.45 bits per heavy atom. The van der Waals surface area contributed by atoms with Crippen LogP contribution >= 0.6 is 0 Å². The van der Waals surface area contributed by atoms with Gasteiger partial charge in [0.15, 0.2) is 0 Å². The molecule has 0 bridgehead atoms. The standard InChI is InChI=1S/C23H18FN3O.H2O/c1-2-25-15-16-6-5-7-17(14-16)22-20-8-3-4-9-21(20)23(28)27(26-22)19-12-10-18(24)11-13-19;/h3-15H,2H2,1H3;1H2/b25-15-;. The molecule has 29 heavy (non-hydrogen) atoms. The number of nitrogens with zero attached hydrogens (tertiary/aromatic N) is 3. The number of aromatic nitrogens is 2. The minimum Gasteiger partial charge on any atom is -0.412 e. The summed E-state index contributed by atoms with van der Waals surface area (Å²) in [6, 6.07) is 21.0. The first-order valence-corrected chi connectivity index (χ1v) is 9.05. The van der Waals surface area contributed by atoms with E-state index in [0.717, 1.165) is 16.5 Å². The number of benzene rings is 3. The summed E-state index contributed by atoms with van der Waals surface area (Å²) in [6.07, 6.45) is 1.82. The lowest BCUT2D eigenvalue weighted by Gasteiger charge is -2.12. The molecule has 0 amide bonds. The Labute approximate surface area is 167 Å². The molecule has 0 unspecified atom stereocenters. The van der Waals surface area contributed by atoms with Crippen LogP contribution in [0.25, 0.3) is 27.7 Å². The molecule has 5 nitrogen and oxygen atoms in total. The van der Waals surface area contributed by atoms with Crippen LogP contribution in [0.3, 0.4) is 0 Å². The maximum atomic E-state index is 13.3. The van der Waals surface area contributed by atoms with Gasteiger partial charge in [-0.15, -0.1) is 0 Å². The van der Waals surface area contributed by atoms with Gasteiger partial charge >= 0.3 is 0 Å². The van der Waals surface area contributed by atoms with Crippen molar-refractivity contribution in [2.24, 2.45) is 4.99 Å². The third-order valence-corrected chi connectivity index (χ3v) is 4.46. The lowest BCUT2D eigenvalue weighted by Crippen LogP contribution is -2.22. The molecule has 0 fully saturated rings. The average Bonchev–Trinajstić information content (AvgIpc) is 2.74. The predicted octanol–water partition coefficient (Wildman–Crippen LogP) is 3.81. The molecule has 0 saturated heterocycles. The van der Waals surface area contributed by atoms with Crippen molar-refractivity contribution in [3.05, 3.63) is 94.5 Å². The molecule has 0 aliphatic heterocycles. The fourth-order valence-electron chi connectivity index (χ4n) is 3.12. The molecule has 0 atom stereocenters. The van der Waals surface area contributed by atoms with Gasteiger partial charge in [0.2, 0.25) is 0 Å². The molecule has 4 rings (SSSR count). The van der Waals surface area contributed by atoms with E-state index in [1.165, 1.54) is 16.8 Å². The molecule has 1 aromatic heterocycles. The maximum Gasteiger partial charge on any atom is 0.279 e. The van der Waals surface area contributed by atoms with E-state index in [4.69, 9.17) is 0 Å². The Balaban J connectivity index is 0.00000240. The lowest BCUT2D eigenvalue weighted by atomic mass is 10.0. The molecule has 0 saturated carbocycles. The van der Waals surface area contributed by atoms with Gasteiger partial charge in [0, 0.05) is 23.7 Å². The van der Waals surface area contributed by atoms with Crippen molar-refractivity contribution in [2.75, 3.05) is 6.54 Å². The molecule has 6 heteroatoms. The highest BCUT2D eigenvalue weighted by atomic mass is 19.1. The molecule has 0 aliphatic rings. The maximum absolute atomic E-state index is 13.3. The predicted molar refractivity (Wildman–Crippen MR) is 114 cm³/mol. The molecule has 146 valence electrons. The van der Waals surface area contributed by atoms with Gasteiger partial charge in [-0.2, -0.15) is 9.78 Å². The van der Waals surface area contributed by atoms with Gasteiger partial charge in [0.1, 0.15) is 5.82 Å². The van der Waals surface area contributed by atoms with Crippen LogP contribution in [-0.2, 0) is 0 Å². The quantitative estimate of drug-likeness (QED) is 0.498. The Hall–Kier alpha value is -3.64. The first-order valence-electron chi connectivity index (χ1n) is 9.05. The third-order valence-electron chi connectivity index (χ3n) is 4.46. The lowest BCUT2D eigenvalue weighted by molar-refractivity contribution is 0.626. The SMILES string of the molecule is CC/N=C\c1cccc(-c2nn(-c3ccc(F)cc3)c(=O)c3ccccc23)c1.O. The van der Waals surface area contributed by atoms with Gasteiger partial charge in [-0.3, -0.25) is 9.79 Å². The smallest absolute Gasteiger partial charge is 0.279 e. The molecule has 0 radical (unpaired) electrons. The highest BCUT2D eigenvalue weighted by Crippen LogP contribution is 2.26. The second-order valence-electron chi connectivity index (χ2n) is 6.34. The van der Waals surface area contributed by atoms with Crippen molar-refractivity contribution in [1.29, 1.82) is 0 Å². The summed E-state index contributed by atoms with van der Waals surface area (Å²) in [5.74, 6) is -0.360. The number of halogens is 1. The topological polar surface area (TPSA) is 78.8 Å². The minimum absolute atomic E-state index is 0. The molecule has 1 heterocycles. The van der Waals surface area contributed by atoms with E-state index in [2.05, 4.69) is 10.1 Å². The monoisotopic (exact) mass is 389 g/mol. The van der Waals surface area contributed by atoms with Crippen LogP contribution in [0.2, 0.25) is 0 Å². The third kappa shape index (κ3) is 3.97. The molecule has 3 aromatic carbocycles. The molecular weight excluding hydrogens is 369 g/mol. The van der Waals surface area contributed by atoms with E-state index < -0.39 is 0 Å². The Kier molecular flexibility index (Phi) is 5.95. The van der Waals surface area contributed by atoms with Gasteiger partial charge in [0.05, 0.1) is 16.8 Å². The number of aliphatic imine (C=N–C) groups is 1. The van der Waals surface area contributed by atoms with Crippen LogP contribution in [0.4, 0.5) is 4.39 Å². The van der Waals surface area contributed by atoms with Crippen LogP contribution in [-0.4, -0.2) is 28.0 Å². The fraction of sp³-hybridized carbons (Fsp3) is 0.0870. The van der Waals surface area contributed by atoms with Gasteiger partial charge in [-0.05, 0) is 48.9 Å². The van der Waals surface area contributed by atoms with E-state index in [0.29, 0.717) is 23.3 Å². The normalized spacial score (nSPS) is 11.0. The van der Waals surface area contributed by atoms with E-state index >= 15 is 0 Å². The van der Waals surface area contributed by atoms with Crippen LogP contribution < -0.4 is 5.56 Å². The summed E-state index contributed by atoms with van der Waals surface area (Å²) in [4.78, 5) is 17.3. The highest BCUT2D eigenvalue weighted by Gasteiger charge is 2.13. The highest BCUT2D eigenvalue weighted by molar-refractivity contribution is 5.95. The summed E-state index contributed by atoms with van der Waals surface area (Å²) in [7, 11) is 0. The number of hydrogen-bond acceptors (Lipinski definition) is 3. The minimum atomic E-state index is -0.360. The van der Waals surface area contributed by atoms with Crippen molar-refractivity contribution in [1.82, 2.24) is 9.78 Å². The fourth-order valence-corrected chi connectivity index (χ4v) is 3.12. The molecule has 4 aromatic rings. The van der Waals surface area contributed by atoms with E-state index in [-0.39, 0.29) is 16.9 Å². The Morgan fingerprint density at radius 1 is 1.00 bits per heavy atom. The van der Waals surface area contributed by atoms with Gasteiger partial charge in [0.25, 0.3) is 5.56 Å². The molecular formula is C23H20FN3O2. The van der Waals surface area contributed by atoms with Crippen molar-refractivity contribution >= 4 is 17.0 Å². The summed E-state index contributed by atoms with van der Waals surface area (Å²) < 4.78 is 14.6. The molecule has 0 spiro atoms. The number of fused-ring (bicyclic) bond motifs is 1. The van der Waals surface area contributed by atoms with Crippen molar-refractivity contribution in [2.45, 2.75) is 6.92 Å². The largest absolute Gasteiger partial charge is 0.412 e. The second-order valence-corrected chi connectivity index (χ2v) is 6.34. The van der Waals surface area contributed by atoms with Crippen molar-refractivity contribution < 1.29 is 9.87 Å². The number of hydrogen-bond donors (Lipinski definition) is 0. The summed E-state index contributed by atoms with van der Waals surface area (Å²) in [6.45, 7) is 2.69. The molecule has 2 N–H and O–H groups in total. The zero-order chi connectivity index (χ0) is 19.5. The van der Waals surface area contributed by atoms with Gasteiger partial charge in [-0.25, -0.2) is 4.39 Å². The van der Waals surface area contributed by atoms with Crippen molar-refractivity contribution in [3.8, 4) is 16.9 Å². The molecule has 0 aliphatic carbocycles. The summed E-state index contributed by atoms with van der Waals surface area (Å²) in [5, 5.41) is 5.96. The number of rotatable bonds is 4. The van der Waals surface area contributed by atoms with Gasteiger partial charge < -0.3 is 5.48 Å². The Morgan fingerprint density at radius 2 is 1.72 bits per heavy atom. The Bertz CT molecular complexity index is 1230. The summed E-state index contributed by atoms with van der Waals surface area (Å²) in [5.41, 5.74) is 2.81. The zero-order valence-corrected chi connectivity index (χ0v) is 15.8. The van der Waals surface area contributed by atoms with Gasteiger partial charge in [-0.1, -0.05) is 36.4 Å². The first-order chi connectivity index (χ1) is 13.7.